The molecule has 0 spiro atoms. The summed E-state index contributed by atoms with van der Waals surface area (Å²) in [6.45, 7) is 10.0. The smallest absolute Gasteiger partial charge is 0.0558 e. The Bertz CT molecular complexity index is 173. The fourth-order valence-corrected chi connectivity index (χ4v) is 2.00. The predicted octanol–water partition coefficient (Wildman–Crippen LogP) is 0.465. The third-order valence-corrected chi connectivity index (χ3v) is 2.95. The van der Waals surface area contributed by atoms with Crippen molar-refractivity contribution in [3.8, 4) is 0 Å². The van der Waals surface area contributed by atoms with Crippen molar-refractivity contribution in [2.45, 2.75) is 19.4 Å². The van der Waals surface area contributed by atoms with Crippen LogP contribution >= 0.6 is 0 Å². The molecule has 0 radical (unpaired) electrons. The van der Waals surface area contributed by atoms with Crippen LogP contribution in [0.2, 0.25) is 0 Å². The van der Waals surface area contributed by atoms with E-state index < -0.39 is 0 Å². The molecular formula is C11H22N2O. The zero-order valence-electron chi connectivity index (χ0n) is 9.08. The number of rotatable bonds is 6. The number of nitrogens with one attached hydrogen (secondary N) is 1. The minimum Gasteiger partial charge on any atom is -0.395 e. The fraction of sp³-hybridized carbons (Fsp3) is 0.818. The third kappa shape index (κ3) is 3.40. The van der Waals surface area contributed by atoms with E-state index in [0.717, 1.165) is 32.1 Å². The Morgan fingerprint density at radius 2 is 2.43 bits per heavy atom. The van der Waals surface area contributed by atoms with E-state index in [1.54, 1.807) is 0 Å². The summed E-state index contributed by atoms with van der Waals surface area (Å²) in [5, 5.41) is 12.4. The zero-order chi connectivity index (χ0) is 10.4. The summed E-state index contributed by atoms with van der Waals surface area (Å²) >= 11 is 0. The first-order valence-corrected chi connectivity index (χ1v) is 5.45. The van der Waals surface area contributed by atoms with E-state index in [1.807, 2.05) is 6.08 Å². The zero-order valence-corrected chi connectivity index (χ0v) is 9.08. The van der Waals surface area contributed by atoms with Crippen molar-refractivity contribution in [1.82, 2.24) is 10.2 Å². The molecule has 3 heteroatoms. The van der Waals surface area contributed by atoms with Crippen LogP contribution in [0.5, 0.6) is 0 Å². The quantitative estimate of drug-likeness (QED) is 0.609. The molecule has 1 fully saturated rings. The van der Waals surface area contributed by atoms with E-state index in [4.69, 9.17) is 5.11 Å². The molecule has 2 unspecified atom stereocenters. The van der Waals surface area contributed by atoms with Crippen LogP contribution in [-0.4, -0.2) is 48.8 Å². The SMILES string of the molecule is C=CCN(CCO)CC1NCCC1C. The molecule has 0 aromatic rings. The molecule has 0 aliphatic carbocycles. The minimum absolute atomic E-state index is 0.231. The van der Waals surface area contributed by atoms with Gasteiger partial charge in [-0.25, -0.2) is 0 Å². The van der Waals surface area contributed by atoms with E-state index in [9.17, 15) is 0 Å². The second-order valence-electron chi connectivity index (χ2n) is 4.10. The van der Waals surface area contributed by atoms with Gasteiger partial charge in [0.2, 0.25) is 0 Å². The van der Waals surface area contributed by atoms with Gasteiger partial charge in [0.25, 0.3) is 0 Å². The highest BCUT2D eigenvalue weighted by Gasteiger charge is 2.24. The Morgan fingerprint density at radius 3 is 2.93 bits per heavy atom. The highest BCUT2D eigenvalue weighted by Crippen LogP contribution is 2.15. The second kappa shape index (κ2) is 6.17. The molecule has 2 N–H and O–H groups in total. The topological polar surface area (TPSA) is 35.5 Å². The Morgan fingerprint density at radius 1 is 1.64 bits per heavy atom. The summed E-state index contributed by atoms with van der Waals surface area (Å²) in [5.41, 5.74) is 0. The van der Waals surface area contributed by atoms with E-state index >= 15 is 0 Å². The average Bonchev–Trinajstić information content (AvgIpc) is 2.53. The molecule has 3 nitrogen and oxygen atoms in total. The molecule has 0 aromatic heterocycles. The van der Waals surface area contributed by atoms with Gasteiger partial charge in [-0.1, -0.05) is 13.0 Å². The summed E-state index contributed by atoms with van der Waals surface area (Å²) in [4.78, 5) is 2.24. The van der Waals surface area contributed by atoms with Gasteiger partial charge in [0.15, 0.2) is 0 Å². The van der Waals surface area contributed by atoms with Crippen molar-refractivity contribution in [3.63, 3.8) is 0 Å². The first-order valence-electron chi connectivity index (χ1n) is 5.45. The van der Waals surface area contributed by atoms with Crippen LogP contribution in [-0.2, 0) is 0 Å². The molecule has 14 heavy (non-hydrogen) atoms. The Hall–Kier alpha value is -0.380. The van der Waals surface area contributed by atoms with Crippen LogP contribution in [0.4, 0.5) is 0 Å². The van der Waals surface area contributed by atoms with Gasteiger partial charge < -0.3 is 10.4 Å². The van der Waals surface area contributed by atoms with Gasteiger partial charge >= 0.3 is 0 Å². The molecule has 0 aromatic carbocycles. The standard InChI is InChI=1S/C11H22N2O/c1-3-6-13(7-8-14)9-11-10(2)4-5-12-11/h3,10-12,14H,1,4-9H2,2H3. The van der Waals surface area contributed by atoms with Gasteiger partial charge in [0.1, 0.15) is 0 Å². The van der Waals surface area contributed by atoms with Crippen molar-refractivity contribution in [3.05, 3.63) is 12.7 Å². The van der Waals surface area contributed by atoms with Crippen LogP contribution in [0, 0.1) is 5.92 Å². The first kappa shape index (κ1) is 11.7. The Kier molecular flexibility index (Phi) is 5.15. The summed E-state index contributed by atoms with van der Waals surface area (Å²) in [6, 6.07) is 0.585. The van der Waals surface area contributed by atoms with Gasteiger partial charge in [-0.05, 0) is 18.9 Å². The monoisotopic (exact) mass is 198 g/mol. The van der Waals surface area contributed by atoms with Crippen molar-refractivity contribution < 1.29 is 5.11 Å². The number of hydrogen-bond acceptors (Lipinski definition) is 3. The van der Waals surface area contributed by atoms with E-state index in [2.05, 4.69) is 23.7 Å². The molecule has 1 saturated heterocycles. The summed E-state index contributed by atoms with van der Waals surface area (Å²) in [7, 11) is 0. The van der Waals surface area contributed by atoms with E-state index in [0.29, 0.717) is 6.04 Å². The lowest BCUT2D eigenvalue weighted by molar-refractivity contribution is 0.190. The predicted molar refractivity (Wildman–Crippen MR) is 59.3 cm³/mol. The lowest BCUT2D eigenvalue weighted by atomic mass is 10.0. The lowest BCUT2D eigenvalue weighted by Crippen LogP contribution is -2.41. The van der Waals surface area contributed by atoms with Crippen LogP contribution < -0.4 is 5.32 Å². The Balaban J connectivity index is 2.33. The molecule has 0 saturated carbocycles. The van der Waals surface area contributed by atoms with Crippen LogP contribution in [0.15, 0.2) is 12.7 Å². The highest BCUT2D eigenvalue weighted by molar-refractivity contribution is 4.85. The van der Waals surface area contributed by atoms with Gasteiger partial charge in [-0.3, -0.25) is 4.90 Å². The summed E-state index contributed by atoms with van der Waals surface area (Å²) in [6.07, 6.45) is 3.17. The van der Waals surface area contributed by atoms with Crippen molar-refractivity contribution in [1.29, 1.82) is 0 Å². The summed E-state index contributed by atoms with van der Waals surface area (Å²) in [5.74, 6) is 0.751. The number of aliphatic hydroxyl groups excluding tert-OH is 1. The molecule has 82 valence electrons. The average molecular weight is 198 g/mol. The van der Waals surface area contributed by atoms with Crippen molar-refractivity contribution in [2.24, 2.45) is 5.92 Å². The number of aliphatic hydroxyl groups is 1. The van der Waals surface area contributed by atoms with Crippen molar-refractivity contribution >= 4 is 0 Å². The van der Waals surface area contributed by atoms with E-state index in [-0.39, 0.29) is 6.61 Å². The Labute approximate surface area is 86.8 Å². The first-order chi connectivity index (χ1) is 6.77. The van der Waals surface area contributed by atoms with Crippen LogP contribution in [0.25, 0.3) is 0 Å². The largest absolute Gasteiger partial charge is 0.395 e. The van der Waals surface area contributed by atoms with Crippen LogP contribution in [0.1, 0.15) is 13.3 Å². The molecular weight excluding hydrogens is 176 g/mol. The van der Waals surface area contributed by atoms with Crippen molar-refractivity contribution in [2.75, 3.05) is 32.8 Å². The molecule has 1 aliphatic rings. The van der Waals surface area contributed by atoms with Crippen LogP contribution in [0.3, 0.4) is 0 Å². The molecule has 0 bridgehead atoms. The number of hydrogen-bond donors (Lipinski definition) is 2. The molecule has 2 atom stereocenters. The molecule has 1 rings (SSSR count). The fourth-order valence-electron chi connectivity index (χ4n) is 2.00. The third-order valence-electron chi connectivity index (χ3n) is 2.95. The maximum absolute atomic E-state index is 8.91. The minimum atomic E-state index is 0.231. The van der Waals surface area contributed by atoms with Gasteiger partial charge in [-0.15, -0.1) is 6.58 Å². The molecule has 1 heterocycles. The number of nitrogens with zero attached hydrogens (tertiary/aromatic N) is 1. The van der Waals surface area contributed by atoms with Gasteiger partial charge in [-0.2, -0.15) is 0 Å². The van der Waals surface area contributed by atoms with Gasteiger partial charge in [0.05, 0.1) is 6.61 Å². The van der Waals surface area contributed by atoms with Gasteiger partial charge in [0, 0.05) is 25.7 Å². The second-order valence-corrected chi connectivity index (χ2v) is 4.10. The molecule has 1 aliphatic heterocycles. The lowest BCUT2D eigenvalue weighted by Gasteiger charge is -2.25. The maximum atomic E-state index is 8.91. The molecule has 0 amide bonds. The highest BCUT2D eigenvalue weighted by atomic mass is 16.3. The normalized spacial score (nSPS) is 27.1. The van der Waals surface area contributed by atoms with E-state index in [1.165, 1.54) is 6.42 Å². The summed E-state index contributed by atoms with van der Waals surface area (Å²) < 4.78 is 0. The maximum Gasteiger partial charge on any atom is 0.0558 e.